The number of rotatable bonds is 3. The number of fused-ring (bicyclic) bond motifs is 1. The van der Waals surface area contributed by atoms with Crippen molar-refractivity contribution in [1.29, 1.82) is 0 Å². The summed E-state index contributed by atoms with van der Waals surface area (Å²) in [6, 6.07) is 16.6. The molecule has 0 fully saturated rings. The van der Waals surface area contributed by atoms with Crippen LogP contribution in [0.2, 0.25) is 0 Å². The number of anilines is 1. The molecule has 0 spiro atoms. The molecule has 0 unspecified atom stereocenters. The highest BCUT2D eigenvalue weighted by Gasteiger charge is 2.09. The highest BCUT2D eigenvalue weighted by Crippen LogP contribution is 2.26. The molecular weight excluding hydrogens is 284 g/mol. The quantitative estimate of drug-likeness (QED) is 0.622. The molecule has 0 atom stereocenters. The lowest BCUT2D eigenvalue weighted by Crippen LogP contribution is -1.94. The molecule has 0 saturated carbocycles. The van der Waals surface area contributed by atoms with E-state index < -0.39 is 0 Å². The zero-order chi connectivity index (χ0) is 15.8. The van der Waals surface area contributed by atoms with Crippen molar-refractivity contribution in [3.05, 3.63) is 72.7 Å². The molecule has 4 rings (SSSR count). The minimum atomic E-state index is 0.778. The molecule has 0 amide bonds. The number of nitrogens with zero attached hydrogens (tertiary/aromatic N) is 3. The second-order valence-corrected chi connectivity index (χ2v) is 5.63. The Balaban J connectivity index is 1.77. The summed E-state index contributed by atoms with van der Waals surface area (Å²) in [6.07, 6.45) is 6.87. The summed E-state index contributed by atoms with van der Waals surface area (Å²) in [5.41, 5.74) is 11.4. The van der Waals surface area contributed by atoms with Gasteiger partial charge in [-0.2, -0.15) is 5.10 Å². The number of hydrogen-bond acceptors (Lipinski definition) is 2. The smallest absolute Gasteiger partial charge is 0.0843 e. The van der Waals surface area contributed by atoms with Crippen LogP contribution in [-0.4, -0.2) is 14.3 Å². The Morgan fingerprint density at radius 1 is 0.957 bits per heavy atom. The van der Waals surface area contributed by atoms with E-state index in [1.807, 2.05) is 41.5 Å². The van der Waals surface area contributed by atoms with Gasteiger partial charge in [-0.25, -0.2) is 4.68 Å². The molecule has 0 aliphatic carbocycles. The van der Waals surface area contributed by atoms with Gasteiger partial charge in [0, 0.05) is 11.6 Å². The third kappa shape index (κ3) is 2.28. The average molecular weight is 302 g/mol. The maximum absolute atomic E-state index is 6.12. The van der Waals surface area contributed by atoms with Gasteiger partial charge in [-0.05, 0) is 30.2 Å². The summed E-state index contributed by atoms with van der Waals surface area (Å²) in [4.78, 5) is 0. The number of nitrogens with two attached hydrogens (primary N) is 1. The van der Waals surface area contributed by atoms with Crippen LogP contribution in [0.3, 0.4) is 0 Å². The van der Waals surface area contributed by atoms with Crippen molar-refractivity contribution in [2.24, 2.45) is 0 Å². The Kier molecular flexibility index (Phi) is 3.15. The summed E-state index contributed by atoms with van der Waals surface area (Å²) in [6.45, 7) is 2.16. The van der Waals surface area contributed by atoms with Gasteiger partial charge >= 0.3 is 0 Å². The van der Waals surface area contributed by atoms with Crippen LogP contribution in [0.25, 0.3) is 22.3 Å². The van der Waals surface area contributed by atoms with Gasteiger partial charge in [0.05, 0.1) is 35.0 Å². The van der Waals surface area contributed by atoms with Crippen molar-refractivity contribution >= 4 is 16.6 Å². The summed E-state index contributed by atoms with van der Waals surface area (Å²) < 4.78 is 3.97. The van der Waals surface area contributed by atoms with E-state index in [-0.39, 0.29) is 0 Å². The van der Waals surface area contributed by atoms with Crippen molar-refractivity contribution < 1.29 is 0 Å². The van der Waals surface area contributed by atoms with Gasteiger partial charge in [0.2, 0.25) is 0 Å². The predicted molar refractivity (Wildman–Crippen MR) is 94.2 cm³/mol. The molecule has 0 saturated heterocycles. The highest BCUT2D eigenvalue weighted by molar-refractivity contribution is 5.93. The van der Waals surface area contributed by atoms with Gasteiger partial charge in [-0.1, -0.05) is 37.3 Å². The molecule has 0 bridgehead atoms. The molecule has 0 radical (unpaired) electrons. The van der Waals surface area contributed by atoms with E-state index >= 15 is 0 Å². The van der Waals surface area contributed by atoms with Crippen LogP contribution in [0, 0.1) is 0 Å². The summed E-state index contributed by atoms with van der Waals surface area (Å²) in [7, 11) is 0. The lowest BCUT2D eigenvalue weighted by Gasteiger charge is -2.03. The van der Waals surface area contributed by atoms with Crippen LogP contribution < -0.4 is 5.73 Å². The van der Waals surface area contributed by atoms with E-state index in [1.54, 1.807) is 0 Å². The van der Waals surface area contributed by atoms with Crippen LogP contribution in [0.4, 0.5) is 5.69 Å². The molecule has 4 heteroatoms. The Labute approximate surface area is 134 Å². The molecule has 4 aromatic rings. The molecule has 0 aliphatic heterocycles. The van der Waals surface area contributed by atoms with E-state index in [2.05, 4.69) is 46.9 Å². The van der Waals surface area contributed by atoms with Crippen LogP contribution in [-0.2, 0) is 6.42 Å². The maximum Gasteiger partial charge on any atom is 0.0843 e. The Hall–Kier alpha value is -3.01. The maximum atomic E-state index is 6.12. The fraction of sp³-hybridized carbons (Fsp3) is 0.105. The summed E-state index contributed by atoms with van der Waals surface area (Å²) in [5.74, 6) is 0. The Morgan fingerprint density at radius 3 is 2.52 bits per heavy atom. The van der Waals surface area contributed by atoms with Crippen molar-refractivity contribution in [2.45, 2.75) is 13.3 Å². The monoisotopic (exact) mass is 302 g/mol. The minimum absolute atomic E-state index is 0.778. The molecule has 2 aromatic carbocycles. The van der Waals surface area contributed by atoms with Gasteiger partial charge < -0.3 is 10.3 Å². The van der Waals surface area contributed by atoms with Crippen molar-refractivity contribution in [3.8, 4) is 11.4 Å². The van der Waals surface area contributed by atoms with Crippen LogP contribution in [0.5, 0.6) is 0 Å². The number of hydrogen-bond donors (Lipinski definition) is 1. The second kappa shape index (κ2) is 5.32. The van der Waals surface area contributed by atoms with Gasteiger partial charge in [0.25, 0.3) is 0 Å². The molecule has 114 valence electrons. The summed E-state index contributed by atoms with van der Waals surface area (Å²) >= 11 is 0. The standard InChI is InChI=1S/C19H18N4/c1-2-14-7-9-15(10-8-14)23-12-16(11-21-23)22-13-18(20)17-5-3-4-6-19(17)22/h3-13H,2,20H2,1H3. The number of aryl methyl sites for hydroxylation is 1. The lowest BCUT2D eigenvalue weighted by atomic mass is 10.1. The van der Waals surface area contributed by atoms with E-state index in [0.29, 0.717) is 0 Å². The number of nitrogen functional groups attached to an aromatic ring is 1. The van der Waals surface area contributed by atoms with Gasteiger partial charge in [0.15, 0.2) is 0 Å². The first-order chi connectivity index (χ1) is 11.3. The first-order valence-electron chi connectivity index (χ1n) is 7.76. The molecule has 23 heavy (non-hydrogen) atoms. The van der Waals surface area contributed by atoms with Crippen molar-refractivity contribution in [1.82, 2.24) is 14.3 Å². The van der Waals surface area contributed by atoms with Crippen LogP contribution in [0.15, 0.2) is 67.1 Å². The summed E-state index contributed by atoms with van der Waals surface area (Å²) in [5, 5.41) is 5.55. The average Bonchev–Trinajstić information content (AvgIpc) is 3.21. The fourth-order valence-electron chi connectivity index (χ4n) is 2.88. The van der Waals surface area contributed by atoms with Crippen LogP contribution >= 0.6 is 0 Å². The second-order valence-electron chi connectivity index (χ2n) is 5.63. The Morgan fingerprint density at radius 2 is 1.74 bits per heavy atom. The molecular formula is C19H18N4. The van der Waals surface area contributed by atoms with E-state index in [4.69, 9.17) is 5.73 Å². The molecule has 2 heterocycles. The number of aromatic nitrogens is 3. The van der Waals surface area contributed by atoms with Crippen molar-refractivity contribution in [3.63, 3.8) is 0 Å². The molecule has 2 aromatic heterocycles. The first kappa shape index (κ1) is 13.6. The molecule has 4 nitrogen and oxygen atoms in total. The number of benzene rings is 2. The zero-order valence-corrected chi connectivity index (χ0v) is 13.0. The minimum Gasteiger partial charge on any atom is -0.397 e. The molecule has 2 N–H and O–H groups in total. The topological polar surface area (TPSA) is 48.8 Å². The SMILES string of the molecule is CCc1ccc(-n2cc(-n3cc(N)c4ccccc43)cn2)cc1. The third-order valence-corrected chi connectivity index (χ3v) is 4.20. The first-order valence-corrected chi connectivity index (χ1v) is 7.76. The van der Waals surface area contributed by atoms with Gasteiger partial charge in [-0.3, -0.25) is 0 Å². The van der Waals surface area contributed by atoms with Crippen LogP contribution in [0.1, 0.15) is 12.5 Å². The predicted octanol–water partition coefficient (Wildman–Crippen LogP) is 3.96. The highest BCUT2D eigenvalue weighted by atomic mass is 15.3. The van der Waals surface area contributed by atoms with Gasteiger partial charge in [-0.15, -0.1) is 0 Å². The third-order valence-electron chi connectivity index (χ3n) is 4.20. The largest absolute Gasteiger partial charge is 0.397 e. The molecule has 0 aliphatic rings. The number of para-hydroxylation sites is 1. The van der Waals surface area contributed by atoms with Gasteiger partial charge in [0.1, 0.15) is 0 Å². The van der Waals surface area contributed by atoms with E-state index in [0.717, 1.165) is 34.4 Å². The van der Waals surface area contributed by atoms with E-state index in [9.17, 15) is 0 Å². The lowest BCUT2D eigenvalue weighted by molar-refractivity contribution is 0.878. The van der Waals surface area contributed by atoms with E-state index in [1.165, 1.54) is 5.56 Å². The Bertz CT molecular complexity index is 961. The zero-order valence-electron chi connectivity index (χ0n) is 13.0. The normalized spacial score (nSPS) is 11.2. The van der Waals surface area contributed by atoms with Crippen molar-refractivity contribution in [2.75, 3.05) is 5.73 Å². The fourth-order valence-corrected chi connectivity index (χ4v) is 2.88.